The molecule has 0 heterocycles. The Labute approximate surface area is 112 Å². The second-order valence-corrected chi connectivity index (χ2v) is 6.11. The molecule has 19 heavy (non-hydrogen) atoms. The van der Waals surface area contributed by atoms with Gasteiger partial charge in [-0.15, -0.1) is 0 Å². The van der Waals surface area contributed by atoms with Crippen molar-refractivity contribution in [2.24, 2.45) is 0 Å². The lowest BCUT2D eigenvalue weighted by Gasteiger charge is -2.10. The molecule has 0 amide bonds. The first-order chi connectivity index (χ1) is 8.79. The fraction of sp³-hybridized carbons (Fsp3) is 0.417. The average molecular weight is 286 g/mol. The van der Waals surface area contributed by atoms with Gasteiger partial charge < -0.3 is 10.4 Å². The SMILES string of the molecule is Cc1cc(C(=O)O)ccc1NCCCNS(C)(=O)=O. The lowest BCUT2D eigenvalue weighted by Crippen LogP contribution is -2.24. The number of aromatic carboxylic acids is 1. The van der Waals surface area contributed by atoms with Crippen LogP contribution in [0.1, 0.15) is 22.3 Å². The zero-order valence-corrected chi connectivity index (χ0v) is 11.8. The van der Waals surface area contributed by atoms with E-state index < -0.39 is 16.0 Å². The van der Waals surface area contributed by atoms with E-state index >= 15 is 0 Å². The van der Waals surface area contributed by atoms with E-state index in [-0.39, 0.29) is 5.56 Å². The maximum Gasteiger partial charge on any atom is 0.335 e. The van der Waals surface area contributed by atoms with Crippen molar-refractivity contribution in [2.75, 3.05) is 24.7 Å². The lowest BCUT2D eigenvalue weighted by atomic mass is 10.1. The summed E-state index contributed by atoms with van der Waals surface area (Å²) in [6.45, 7) is 2.80. The zero-order valence-electron chi connectivity index (χ0n) is 10.9. The largest absolute Gasteiger partial charge is 0.478 e. The molecule has 0 atom stereocenters. The number of rotatable bonds is 7. The Hall–Kier alpha value is -1.60. The monoisotopic (exact) mass is 286 g/mol. The number of anilines is 1. The van der Waals surface area contributed by atoms with Gasteiger partial charge in [0, 0.05) is 18.8 Å². The van der Waals surface area contributed by atoms with Gasteiger partial charge in [-0.05, 0) is 37.1 Å². The standard InChI is InChI=1S/C12H18N2O4S/c1-9-8-10(12(15)16)4-5-11(9)13-6-3-7-14-19(2,17)18/h4-5,8,13-14H,3,6-7H2,1-2H3,(H,15,16). The van der Waals surface area contributed by atoms with Crippen LogP contribution in [-0.4, -0.2) is 38.8 Å². The molecule has 0 saturated heterocycles. The van der Waals surface area contributed by atoms with Crippen molar-refractivity contribution < 1.29 is 18.3 Å². The molecule has 0 bridgehead atoms. The number of carbonyl (C=O) groups is 1. The highest BCUT2D eigenvalue weighted by Gasteiger charge is 2.05. The van der Waals surface area contributed by atoms with Gasteiger partial charge in [0.2, 0.25) is 10.0 Å². The highest BCUT2D eigenvalue weighted by molar-refractivity contribution is 7.88. The summed E-state index contributed by atoms with van der Waals surface area (Å²) in [6.07, 6.45) is 1.77. The Morgan fingerprint density at radius 2 is 2.00 bits per heavy atom. The Kier molecular flexibility index (Phi) is 5.31. The quantitative estimate of drug-likeness (QED) is 0.651. The van der Waals surface area contributed by atoms with Crippen molar-refractivity contribution in [3.05, 3.63) is 29.3 Å². The Bertz CT molecular complexity index is 555. The molecule has 0 aliphatic carbocycles. The number of carboxylic acids is 1. The third kappa shape index (κ3) is 5.71. The molecule has 0 aliphatic heterocycles. The molecular weight excluding hydrogens is 268 g/mol. The van der Waals surface area contributed by atoms with Crippen LogP contribution in [0.4, 0.5) is 5.69 Å². The third-order valence-corrected chi connectivity index (χ3v) is 3.24. The van der Waals surface area contributed by atoms with Crippen LogP contribution in [-0.2, 0) is 10.0 Å². The van der Waals surface area contributed by atoms with E-state index in [1.54, 1.807) is 12.1 Å². The molecule has 0 fully saturated rings. The average Bonchev–Trinajstić information content (AvgIpc) is 2.28. The van der Waals surface area contributed by atoms with E-state index in [1.165, 1.54) is 6.07 Å². The number of benzene rings is 1. The van der Waals surface area contributed by atoms with Gasteiger partial charge in [0.1, 0.15) is 0 Å². The molecule has 1 rings (SSSR count). The zero-order chi connectivity index (χ0) is 14.5. The van der Waals surface area contributed by atoms with Gasteiger partial charge in [0.05, 0.1) is 11.8 Å². The Morgan fingerprint density at radius 1 is 1.32 bits per heavy atom. The van der Waals surface area contributed by atoms with Gasteiger partial charge in [-0.3, -0.25) is 0 Å². The molecule has 3 N–H and O–H groups in total. The molecule has 1 aromatic carbocycles. The predicted molar refractivity (Wildman–Crippen MR) is 74.1 cm³/mol. The Morgan fingerprint density at radius 3 is 2.53 bits per heavy atom. The fourth-order valence-electron chi connectivity index (χ4n) is 1.56. The first-order valence-electron chi connectivity index (χ1n) is 5.82. The van der Waals surface area contributed by atoms with Crippen LogP contribution in [0.2, 0.25) is 0 Å². The summed E-state index contributed by atoms with van der Waals surface area (Å²) in [5.74, 6) is -0.952. The van der Waals surface area contributed by atoms with Crippen molar-refractivity contribution in [3.8, 4) is 0 Å². The molecule has 106 valence electrons. The second-order valence-electron chi connectivity index (χ2n) is 4.28. The highest BCUT2D eigenvalue weighted by atomic mass is 32.2. The third-order valence-electron chi connectivity index (χ3n) is 2.51. The summed E-state index contributed by atoms with van der Waals surface area (Å²) in [5, 5.41) is 12.0. The second kappa shape index (κ2) is 6.53. The van der Waals surface area contributed by atoms with Gasteiger partial charge in [0.15, 0.2) is 0 Å². The summed E-state index contributed by atoms with van der Waals surface area (Å²) in [7, 11) is -3.14. The molecular formula is C12H18N2O4S. The first-order valence-corrected chi connectivity index (χ1v) is 7.71. The normalized spacial score (nSPS) is 11.3. The van der Waals surface area contributed by atoms with E-state index in [2.05, 4.69) is 10.0 Å². The van der Waals surface area contributed by atoms with Gasteiger partial charge in [-0.1, -0.05) is 0 Å². The minimum atomic E-state index is -3.14. The number of nitrogens with one attached hydrogen (secondary N) is 2. The summed E-state index contributed by atoms with van der Waals surface area (Å²) in [5.41, 5.74) is 1.95. The van der Waals surface area contributed by atoms with E-state index in [0.717, 1.165) is 17.5 Å². The minimum Gasteiger partial charge on any atom is -0.478 e. The number of carboxylic acid groups (broad SMARTS) is 1. The number of hydrogen-bond acceptors (Lipinski definition) is 4. The number of sulfonamides is 1. The molecule has 0 aromatic heterocycles. The minimum absolute atomic E-state index is 0.252. The lowest BCUT2D eigenvalue weighted by molar-refractivity contribution is 0.0697. The van der Waals surface area contributed by atoms with Crippen molar-refractivity contribution in [1.82, 2.24) is 4.72 Å². The maximum atomic E-state index is 10.8. The summed E-state index contributed by atoms with van der Waals surface area (Å²) < 4.78 is 24.1. The van der Waals surface area contributed by atoms with Gasteiger partial charge >= 0.3 is 5.97 Å². The van der Waals surface area contributed by atoms with Crippen molar-refractivity contribution in [3.63, 3.8) is 0 Å². The molecule has 0 spiro atoms. The first kappa shape index (κ1) is 15.5. The highest BCUT2D eigenvalue weighted by Crippen LogP contribution is 2.16. The topological polar surface area (TPSA) is 95.5 Å². The van der Waals surface area contributed by atoms with E-state index in [0.29, 0.717) is 19.5 Å². The molecule has 7 heteroatoms. The molecule has 0 aliphatic rings. The molecule has 6 nitrogen and oxygen atoms in total. The summed E-state index contributed by atoms with van der Waals surface area (Å²) >= 11 is 0. The summed E-state index contributed by atoms with van der Waals surface area (Å²) in [4.78, 5) is 10.8. The van der Waals surface area contributed by atoms with Crippen LogP contribution in [0.5, 0.6) is 0 Å². The van der Waals surface area contributed by atoms with Gasteiger partial charge in [-0.25, -0.2) is 17.9 Å². The van der Waals surface area contributed by atoms with Crippen LogP contribution in [0.3, 0.4) is 0 Å². The van der Waals surface area contributed by atoms with Crippen LogP contribution < -0.4 is 10.0 Å². The molecule has 0 unspecified atom stereocenters. The molecule has 1 aromatic rings. The van der Waals surface area contributed by atoms with Crippen LogP contribution in [0.25, 0.3) is 0 Å². The van der Waals surface area contributed by atoms with Gasteiger partial charge in [-0.2, -0.15) is 0 Å². The van der Waals surface area contributed by atoms with E-state index in [9.17, 15) is 13.2 Å². The fourth-order valence-corrected chi connectivity index (χ4v) is 2.08. The van der Waals surface area contributed by atoms with Crippen LogP contribution >= 0.6 is 0 Å². The number of hydrogen-bond donors (Lipinski definition) is 3. The van der Waals surface area contributed by atoms with E-state index in [1.807, 2.05) is 6.92 Å². The van der Waals surface area contributed by atoms with Crippen LogP contribution in [0.15, 0.2) is 18.2 Å². The van der Waals surface area contributed by atoms with Crippen molar-refractivity contribution in [2.45, 2.75) is 13.3 Å². The van der Waals surface area contributed by atoms with Gasteiger partial charge in [0.25, 0.3) is 0 Å². The maximum absolute atomic E-state index is 10.8. The molecule has 0 saturated carbocycles. The Balaban J connectivity index is 2.44. The number of aryl methyl sites for hydroxylation is 1. The predicted octanol–water partition coefficient (Wildman–Crippen LogP) is 1.04. The molecule has 0 radical (unpaired) electrons. The van der Waals surface area contributed by atoms with Crippen molar-refractivity contribution >= 4 is 21.7 Å². The van der Waals surface area contributed by atoms with Crippen LogP contribution in [0, 0.1) is 6.92 Å². The van der Waals surface area contributed by atoms with Crippen molar-refractivity contribution in [1.29, 1.82) is 0 Å². The van der Waals surface area contributed by atoms with E-state index in [4.69, 9.17) is 5.11 Å². The summed E-state index contributed by atoms with van der Waals surface area (Å²) in [6, 6.07) is 4.84. The smallest absolute Gasteiger partial charge is 0.335 e.